The minimum Gasteiger partial charge on any atom is -0.371 e. The van der Waals surface area contributed by atoms with Crippen LogP contribution in [0.25, 0.3) is 11.0 Å². The van der Waals surface area contributed by atoms with Crippen molar-refractivity contribution in [2.75, 3.05) is 18.0 Å². The van der Waals surface area contributed by atoms with Crippen LogP contribution in [0, 0.1) is 0 Å². The molecule has 3 heterocycles. The van der Waals surface area contributed by atoms with Crippen LogP contribution >= 0.6 is 15.9 Å². The Morgan fingerprint density at radius 2 is 1.84 bits per heavy atom. The molecule has 2 atom stereocenters. The minimum absolute atomic E-state index is 0.398. The Balaban J connectivity index is 1.75. The number of halogens is 1. The van der Waals surface area contributed by atoms with Gasteiger partial charge < -0.3 is 9.64 Å². The molecule has 19 heavy (non-hydrogen) atoms. The summed E-state index contributed by atoms with van der Waals surface area (Å²) >= 11 is 3.60. The Hall–Kier alpha value is -1.20. The van der Waals surface area contributed by atoms with Gasteiger partial charge >= 0.3 is 0 Å². The first-order chi connectivity index (χ1) is 9.29. The van der Waals surface area contributed by atoms with Gasteiger partial charge in [-0.1, -0.05) is 0 Å². The van der Waals surface area contributed by atoms with E-state index in [1.54, 1.807) is 12.4 Å². The van der Waals surface area contributed by atoms with Gasteiger partial charge in [0.25, 0.3) is 0 Å². The van der Waals surface area contributed by atoms with Gasteiger partial charge in [-0.15, -0.1) is 0 Å². The highest BCUT2D eigenvalue weighted by Gasteiger charge is 2.33. The highest BCUT2D eigenvalue weighted by atomic mass is 79.9. The van der Waals surface area contributed by atoms with E-state index in [0.29, 0.717) is 12.2 Å². The van der Waals surface area contributed by atoms with Crippen molar-refractivity contribution >= 4 is 32.7 Å². The Bertz CT molecular complexity index is 621. The average Bonchev–Trinajstić information content (AvgIpc) is 2.77. The third-order valence-electron chi connectivity index (χ3n) is 3.92. The lowest BCUT2D eigenvalue weighted by molar-refractivity contribution is 0.0305. The van der Waals surface area contributed by atoms with Crippen molar-refractivity contribution in [3.63, 3.8) is 0 Å². The first-order valence-electron chi connectivity index (χ1n) is 6.60. The molecule has 0 radical (unpaired) electrons. The predicted octanol–water partition coefficient (Wildman–Crippen LogP) is 2.76. The van der Waals surface area contributed by atoms with Crippen molar-refractivity contribution in [2.45, 2.75) is 25.0 Å². The summed E-state index contributed by atoms with van der Waals surface area (Å²) in [5.74, 6) is 0. The molecule has 1 aromatic carbocycles. The Labute approximate surface area is 119 Å². The topological polar surface area (TPSA) is 38.2 Å². The molecular weight excluding hydrogens is 306 g/mol. The first kappa shape index (κ1) is 11.6. The molecule has 2 aromatic rings. The maximum Gasteiger partial charge on any atom is 0.103 e. The van der Waals surface area contributed by atoms with Crippen molar-refractivity contribution in [3.05, 3.63) is 29.0 Å². The van der Waals surface area contributed by atoms with Crippen molar-refractivity contribution < 1.29 is 4.74 Å². The summed E-state index contributed by atoms with van der Waals surface area (Å²) in [6.07, 6.45) is 6.64. The summed E-state index contributed by atoms with van der Waals surface area (Å²) < 4.78 is 6.89. The summed E-state index contributed by atoms with van der Waals surface area (Å²) in [5.41, 5.74) is 3.06. The number of anilines is 1. The first-order valence-corrected chi connectivity index (χ1v) is 7.39. The third kappa shape index (κ3) is 2.01. The van der Waals surface area contributed by atoms with Crippen LogP contribution in [-0.4, -0.2) is 35.3 Å². The quantitative estimate of drug-likeness (QED) is 0.810. The summed E-state index contributed by atoms with van der Waals surface area (Å²) in [4.78, 5) is 11.2. The zero-order valence-corrected chi connectivity index (χ0v) is 12.0. The van der Waals surface area contributed by atoms with Crippen LogP contribution in [0.1, 0.15) is 12.8 Å². The monoisotopic (exact) mass is 319 g/mol. The van der Waals surface area contributed by atoms with Crippen LogP contribution in [0.15, 0.2) is 29.0 Å². The second-order valence-corrected chi connectivity index (χ2v) is 6.07. The normalized spacial score (nSPS) is 26.1. The van der Waals surface area contributed by atoms with Crippen LogP contribution in [-0.2, 0) is 4.74 Å². The van der Waals surface area contributed by atoms with Crippen LogP contribution in [0.5, 0.6) is 0 Å². The summed E-state index contributed by atoms with van der Waals surface area (Å²) in [5, 5.41) is 0. The molecule has 2 aliphatic rings. The fraction of sp³-hybridized carbons (Fsp3) is 0.429. The molecule has 2 fully saturated rings. The van der Waals surface area contributed by atoms with Crippen LogP contribution in [0.2, 0.25) is 0 Å². The summed E-state index contributed by atoms with van der Waals surface area (Å²) in [7, 11) is 0. The van der Waals surface area contributed by atoms with Crippen molar-refractivity contribution in [2.24, 2.45) is 0 Å². The van der Waals surface area contributed by atoms with Gasteiger partial charge in [-0.3, -0.25) is 9.97 Å². The van der Waals surface area contributed by atoms with Crippen LogP contribution in [0.4, 0.5) is 5.69 Å². The van der Waals surface area contributed by atoms with E-state index in [1.807, 2.05) is 0 Å². The van der Waals surface area contributed by atoms with Crippen molar-refractivity contribution in [1.29, 1.82) is 0 Å². The zero-order chi connectivity index (χ0) is 12.8. The predicted molar refractivity (Wildman–Crippen MR) is 77.3 cm³/mol. The number of morpholine rings is 1. The van der Waals surface area contributed by atoms with Gasteiger partial charge in [0, 0.05) is 35.6 Å². The van der Waals surface area contributed by atoms with Crippen molar-refractivity contribution in [1.82, 2.24) is 9.97 Å². The van der Waals surface area contributed by atoms with Gasteiger partial charge in [0.15, 0.2) is 0 Å². The smallest absolute Gasteiger partial charge is 0.103 e. The molecule has 98 valence electrons. The Morgan fingerprint density at radius 1 is 1.11 bits per heavy atom. The fourth-order valence-electron chi connectivity index (χ4n) is 3.03. The highest BCUT2D eigenvalue weighted by molar-refractivity contribution is 9.10. The van der Waals surface area contributed by atoms with Crippen LogP contribution < -0.4 is 4.90 Å². The van der Waals surface area contributed by atoms with E-state index in [2.05, 4.69) is 42.9 Å². The number of hydrogen-bond acceptors (Lipinski definition) is 4. The number of aromatic nitrogens is 2. The minimum atomic E-state index is 0.398. The maximum absolute atomic E-state index is 5.89. The third-order valence-corrected chi connectivity index (χ3v) is 4.53. The molecule has 5 heteroatoms. The van der Waals surface area contributed by atoms with E-state index in [9.17, 15) is 0 Å². The van der Waals surface area contributed by atoms with Crippen molar-refractivity contribution in [3.8, 4) is 0 Å². The van der Waals surface area contributed by atoms with Gasteiger partial charge in [0.2, 0.25) is 0 Å². The van der Waals surface area contributed by atoms with Gasteiger partial charge in [0.05, 0.1) is 17.7 Å². The number of nitrogens with zero attached hydrogens (tertiary/aromatic N) is 3. The number of fused-ring (bicyclic) bond motifs is 3. The van der Waals surface area contributed by atoms with E-state index in [4.69, 9.17) is 4.74 Å². The van der Waals surface area contributed by atoms with E-state index >= 15 is 0 Å². The molecule has 0 saturated carbocycles. The molecular formula is C14H14BrN3O. The molecule has 4 nitrogen and oxygen atoms in total. The molecule has 0 aliphatic carbocycles. The van der Waals surface area contributed by atoms with Gasteiger partial charge in [-0.25, -0.2) is 0 Å². The lowest BCUT2D eigenvalue weighted by atomic mass is 10.2. The second-order valence-electron chi connectivity index (χ2n) is 5.21. The van der Waals surface area contributed by atoms with Gasteiger partial charge in [-0.05, 0) is 40.9 Å². The van der Waals surface area contributed by atoms with Gasteiger partial charge in [0.1, 0.15) is 5.52 Å². The molecule has 2 saturated heterocycles. The number of ether oxygens (including phenoxy) is 1. The Morgan fingerprint density at radius 3 is 2.63 bits per heavy atom. The highest BCUT2D eigenvalue weighted by Crippen LogP contribution is 2.33. The molecule has 1 aromatic heterocycles. The molecule has 0 amide bonds. The molecule has 4 rings (SSSR count). The second kappa shape index (κ2) is 4.42. The molecule has 0 N–H and O–H groups in total. The molecule has 2 bridgehead atoms. The number of hydrogen-bond donors (Lipinski definition) is 0. The van der Waals surface area contributed by atoms with Gasteiger partial charge in [-0.2, -0.15) is 0 Å². The molecule has 0 spiro atoms. The lowest BCUT2D eigenvalue weighted by Crippen LogP contribution is -2.42. The van der Waals surface area contributed by atoms with E-state index in [0.717, 1.165) is 28.6 Å². The Kier molecular flexibility index (Phi) is 2.70. The van der Waals surface area contributed by atoms with Crippen LogP contribution in [0.3, 0.4) is 0 Å². The standard InChI is InChI=1S/C14H14BrN3O/c15-12-5-9(6-13-14(12)17-4-3-16-13)18-7-10-1-2-11(8-18)19-10/h3-6,10-11H,1-2,7-8H2. The number of benzene rings is 1. The summed E-state index contributed by atoms with van der Waals surface area (Å²) in [6, 6.07) is 4.26. The lowest BCUT2D eigenvalue weighted by Gasteiger charge is -2.34. The largest absolute Gasteiger partial charge is 0.371 e. The fourth-order valence-corrected chi connectivity index (χ4v) is 3.57. The van der Waals surface area contributed by atoms with E-state index in [-0.39, 0.29) is 0 Å². The molecule has 2 unspecified atom stereocenters. The molecule has 2 aliphatic heterocycles. The SMILES string of the molecule is Brc1cc(N2CC3CCC(C2)O3)cc2nccnc12. The summed E-state index contributed by atoms with van der Waals surface area (Å²) in [6.45, 7) is 1.96. The van der Waals surface area contributed by atoms with E-state index in [1.165, 1.54) is 18.5 Å². The van der Waals surface area contributed by atoms with E-state index < -0.39 is 0 Å². The number of rotatable bonds is 1. The average molecular weight is 320 g/mol. The zero-order valence-electron chi connectivity index (χ0n) is 10.4. The maximum atomic E-state index is 5.89.